The summed E-state index contributed by atoms with van der Waals surface area (Å²) in [7, 11) is 1.80. The molecule has 0 aliphatic rings. The first kappa shape index (κ1) is 16.2. The molecule has 0 fully saturated rings. The smallest absolute Gasteiger partial charge is 0.227 e. The minimum Gasteiger partial charge on any atom is -0.439 e. The van der Waals surface area contributed by atoms with Crippen LogP contribution in [0.25, 0.3) is 0 Å². The fourth-order valence-electron chi connectivity index (χ4n) is 2.28. The number of thiophene rings is 1. The summed E-state index contributed by atoms with van der Waals surface area (Å²) in [5.41, 5.74) is 0.878. The predicted molar refractivity (Wildman–Crippen MR) is 95.3 cm³/mol. The second-order valence-corrected chi connectivity index (χ2v) is 6.42. The molecular formula is C19H18N2O2S. The fraction of sp³-hybridized carbons (Fsp3) is 0.158. The number of carbonyl (C=O) groups excluding carboxylic acids is 1. The van der Waals surface area contributed by atoms with Crippen LogP contribution in [0, 0.1) is 0 Å². The van der Waals surface area contributed by atoms with Gasteiger partial charge in [-0.25, -0.2) is 4.98 Å². The summed E-state index contributed by atoms with van der Waals surface area (Å²) in [6, 6.07) is 17.2. The highest BCUT2D eigenvalue weighted by molar-refractivity contribution is 7.10. The average Bonchev–Trinajstić information content (AvgIpc) is 3.10. The standard InChI is InChI=1S/C19H18N2O2S/c1-21(18(22)13-17-10-6-12-24-17)14-15-7-5-11-20-19(15)23-16-8-3-2-4-9-16/h2-12H,13-14H2,1H3. The number of hydrogen-bond acceptors (Lipinski definition) is 4. The van der Waals surface area contributed by atoms with E-state index in [2.05, 4.69) is 4.98 Å². The quantitative estimate of drug-likeness (QED) is 0.678. The van der Waals surface area contributed by atoms with Gasteiger partial charge in [0.15, 0.2) is 0 Å². The van der Waals surface area contributed by atoms with Crippen LogP contribution in [0.15, 0.2) is 66.2 Å². The Hall–Kier alpha value is -2.66. The highest BCUT2D eigenvalue weighted by atomic mass is 32.1. The van der Waals surface area contributed by atoms with Crippen molar-refractivity contribution in [2.75, 3.05) is 7.05 Å². The van der Waals surface area contributed by atoms with E-state index >= 15 is 0 Å². The Labute approximate surface area is 145 Å². The molecule has 3 rings (SSSR count). The van der Waals surface area contributed by atoms with Crippen LogP contribution in [0.5, 0.6) is 11.6 Å². The highest BCUT2D eigenvalue weighted by Gasteiger charge is 2.14. The summed E-state index contributed by atoms with van der Waals surface area (Å²) in [6.07, 6.45) is 2.11. The number of hydrogen-bond donors (Lipinski definition) is 0. The van der Waals surface area contributed by atoms with E-state index in [-0.39, 0.29) is 5.91 Å². The van der Waals surface area contributed by atoms with Crippen molar-refractivity contribution in [1.29, 1.82) is 0 Å². The van der Waals surface area contributed by atoms with Crippen molar-refractivity contribution >= 4 is 17.2 Å². The monoisotopic (exact) mass is 338 g/mol. The minimum atomic E-state index is 0.0759. The summed E-state index contributed by atoms with van der Waals surface area (Å²) in [4.78, 5) is 19.4. The van der Waals surface area contributed by atoms with Crippen LogP contribution in [-0.4, -0.2) is 22.8 Å². The third-order valence-electron chi connectivity index (χ3n) is 3.55. The lowest BCUT2D eigenvalue weighted by atomic mass is 10.2. The molecular weight excluding hydrogens is 320 g/mol. The van der Waals surface area contributed by atoms with Gasteiger partial charge in [0.2, 0.25) is 11.8 Å². The van der Waals surface area contributed by atoms with E-state index in [1.807, 2.05) is 60.0 Å². The fourth-order valence-corrected chi connectivity index (χ4v) is 2.97. The van der Waals surface area contributed by atoms with Crippen molar-refractivity contribution < 1.29 is 9.53 Å². The number of pyridine rings is 1. The largest absolute Gasteiger partial charge is 0.439 e. The molecule has 3 aromatic rings. The number of para-hydroxylation sites is 1. The molecule has 122 valence electrons. The zero-order chi connectivity index (χ0) is 16.8. The van der Waals surface area contributed by atoms with Gasteiger partial charge in [-0.3, -0.25) is 4.79 Å². The molecule has 24 heavy (non-hydrogen) atoms. The maximum atomic E-state index is 12.4. The van der Waals surface area contributed by atoms with Gasteiger partial charge in [-0.15, -0.1) is 11.3 Å². The van der Waals surface area contributed by atoms with E-state index in [1.165, 1.54) is 0 Å². The summed E-state index contributed by atoms with van der Waals surface area (Å²) in [6.45, 7) is 0.459. The second-order valence-electron chi connectivity index (χ2n) is 5.39. The van der Waals surface area contributed by atoms with Gasteiger partial charge in [0.25, 0.3) is 0 Å². The maximum Gasteiger partial charge on any atom is 0.227 e. The van der Waals surface area contributed by atoms with Crippen molar-refractivity contribution in [3.8, 4) is 11.6 Å². The Kier molecular flexibility index (Phi) is 5.23. The maximum absolute atomic E-state index is 12.4. The molecule has 0 bridgehead atoms. The van der Waals surface area contributed by atoms with E-state index in [9.17, 15) is 4.79 Å². The molecule has 1 amide bonds. The first-order valence-corrected chi connectivity index (χ1v) is 8.53. The van der Waals surface area contributed by atoms with E-state index in [4.69, 9.17) is 4.74 Å². The Morgan fingerprint density at radius 3 is 2.71 bits per heavy atom. The molecule has 0 radical (unpaired) electrons. The lowest BCUT2D eigenvalue weighted by Gasteiger charge is -2.18. The summed E-state index contributed by atoms with van der Waals surface area (Å²) >= 11 is 1.60. The minimum absolute atomic E-state index is 0.0759. The van der Waals surface area contributed by atoms with Crippen molar-refractivity contribution in [2.45, 2.75) is 13.0 Å². The van der Waals surface area contributed by atoms with Crippen LogP contribution in [0.1, 0.15) is 10.4 Å². The SMILES string of the molecule is CN(Cc1cccnc1Oc1ccccc1)C(=O)Cc1cccs1. The molecule has 0 atom stereocenters. The first-order valence-electron chi connectivity index (χ1n) is 7.65. The zero-order valence-corrected chi connectivity index (χ0v) is 14.2. The van der Waals surface area contributed by atoms with Crippen LogP contribution in [0.4, 0.5) is 0 Å². The number of ether oxygens (including phenoxy) is 1. The molecule has 0 aliphatic heterocycles. The molecule has 0 spiro atoms. The summed E-state index contributed by atoms with van der Waals surface area (Å²) in [5.74, 6) is 1.33. The average molecular weight is 338 g/mol. The Bertz CT molecular complexity index is 788. The second kappa shape index (κ2) is 7.75. The van der Waals surface area contributed by atoms with E-state index in [0.717, 1.165) is 16.2 Å². The van der Waals surface area contributed by atoms with Crippen LogP contribution in [0.3, 0.4) is 0 Å². The van der Waals surface area contributed by atoms with Crippen LogP contribution in [0.2, 0.25) is 0 Å². The van der Waals surface area contributed by atoms with E-state index < -0.39 is 0 Å². The van der Waals surface area contributed by atoms with Gasteiger partial charge in [0, 0.05) is 23.7 Å². The topological polar surface area (TPSA) is 42.4 Å². The van der Waals surface area contributed by atoms with Gasteiger partial charge in [0.05, 0.1) is 13.0 Å². The van der Waals surface area contributed by atoms with Crippen molar-refractivity contribution in [2.24, 2.45) is 0 Å². The highest BCUT2D eigenvalue weighted by Crippen LogP contribution is 2.23. The van der Waals surface area contributed by atoms with Gasteiger partial charge < -0.3 is 9.64 Å². The molecule has 2 heterocycles. The number of likely N-dealkylation sites (N-methyl/N-ethyl adjacent to an activating group) is 1. The number of rotatable bonds is 6. The van der Waals surface area contributed by atoms with Gasteiger partial charge in [-0.2, -0.15) is 0 Å². The normalized spacial score (nSPS) is 10.4. The summed E-state index contributed by atoms with van der Waals surface area (Å²) in [5, 5.41) is 1.98. The zero-order valence-electron chi connectivity index (χ0n) is 13.4. The lowest BCUT2D eigenvalue weighted by Crippen LogP contribution is -2.27. The summed E-state index contributed by atoms with van der Waals surface area (Å²) < 4.78 is 5.85. The molecule has 0 N–H and O–H groups in total. The number of aromatic nitrogens is 1. The predicted octanol–water partition coefficient (Wildman–Crippen LogP) is 4.14. The lowest BCUT2D eigenvalue weighted by molar-refractivity contribution is -0.129. The van der Waals surface area contributed by atoms with Crippen LogP contribution < -0.4 is 4.74 Å². The Balaban J connectivity index is 1.69. The van der Waals surface area contributed by atoms with Crippen LogP contribution >= 0.6 is 11.3 Å². The first-order chi connectivity index (χ1) is 11.7. The Morgan fingerprint density at radius 1 is 1.12 bits per heavy atom. The van der Waals surface area contributed by atoms with Crippen molar-refractivity contribution in [3.63, 3.8) is 0 Å². The van der Waals surface area contributed by atoms with Gasteiger partial charge in [0.1, 0.15) is 5.75 Å². The Morgan fingerprint density at radius 2 is 1.96 bits per heavy atom. The molecule has 4 nitrogen and oxygen atoms in total. The van der Waals surface area contributed by atoms with Gasteiger partial charge >= 0.3 is 0 Å². The molecule has 0 saturated carbocycles. The molecule has 2 aromatic heterocycles. The van der Waals surface area contributed by atoms with Crippen molar-refractivity contribution in [1.82, 2.24) is 9.88 Å². The number of amides is 1. The molecule has 5 heteroatoms. The third kappa shape index (κ3) is 4.20. The van der Waals surface area contributed by atoms with Crippen molar-refractivity contribution in [3.05, 3.63) is 76.6 Å². The number of nitrogens with zero attached hydrogens (tertiary/aromatic N) is 2. The van der Waals surface area contributed by atoms with E-state index in [1.54, 1.807) is 29.5 Å². The van der Waals surface area contributed by atoms with Crippen LogP contribution in [-0.2, 0) is 17.8 Å². The molecule has 0 aliphatic carbocycles. The molecule has 1 aromatic carbocycles. The van der Waals surface area contributed by atoms with E-state index in [0.29, 0.717) is 18.8 Å². The molecule has 0 unspecified atom stereocenters. The molecule has 0 saturated heterocycles. The van der Waals surface area contributed by atoms with Gasteiger partial charge in [-0.05, 0) is 29.6 Å². The van der Waals surface area contributed by atoms with Gasteiger partial charge in [-0.1, -0.05) is 30.3 Å². The number of benzene rings is 1. The third-order valence-corrected chi connectivity index (χ3v) is 4.42. The number of carbonyl (C=O) groups is 1.